The molecule has 0 heterocycles. The molecule has 0 spiro atoms. The Morgan fingerprint density at radius 3 is 0.824 bits per heavy atom. The Hall–Kier alpha value is -4.28. The van der Waals surface area contributed by atoms with Gasteiger partial charge >= 0.3 is 39.5 Å². The van der Waals surface area contributed by atoms with Gasteiger partial charge in [-0.1, -0.05) is 291 Å². The number of phosphoric acid groups is 2. The predicted octanol–water partition coefficient (Wildman–Crippen LogP) is 23.3. The molecule has 0 aliphatic carbocycles. The van der Waals surface area contributed by atoms with E-state index in [0.717, 1.165) is 173 Å². The third-order valence-corrected chi connectivity index (χ3v) is 18.6. The van der Waals surface area contributed by atoms with E-state index in [0.29, 0.717) is 25.7 Å². The van der Waals surface area contributed by atoms with E-state index in [1.54, 1.807) is 0 Å². The van der Waals surface area contributed by atoms with Crippen LogP contribution in [0.5, 0.6) is 0 Å². The number of hydrogen-bond donors (Lipinski definition) is 3. The SMILES string of the molecule is CC/C=C\C/C=C\C/C=C\C/C=C\CCCCC(=O)OCC(COP(=O)(O)OCC(O)COP(=O)(O)OCC(COC(=O)CCCCCCCCC/C=C\C/C=C\C/C=C\CC)OC(=O)CCCCCCC/C=C\C/C=C\CCCCC)OC(=O)CCCCCCCCCCCCCCCCC. The first-order chi connectivity index (χ1) is 49.7. The molecule has 0 fully saturated rings. The van der Waals surface area contributed by atoms with Crippen molar-refractivity contribution >= 4 is 39.5 Å². The van der Waals surface area contributed by atoms with E-state index in [9.17, 15) is 43.2 Å². The first-order valence-corrected chi connectivity index (χ1v) is 43.1. The third-order valence-electron chi connectivity index (χ3n) is 16.7. The molecule has 588 valence electrons. The molecule has 17 nitrogen and oxygen atoms in total. The number of aliphatic hydroxyl groups is 1. The van der Waals surface area contributed by atoms with Gasteiger partial charge in [0.2, 0.25) is 0 Å². The van der Waals surface area contributed by atoms with Gasteiger partial charge in [0.25, 0.3) is 0 Å². The van der Waals surface area contributed by atoms with Gasteiger partial charge in [-0.05, 0) is 128 Å². The Labute approximate surface area is 619 Å². The maximum Gasteiger partial charge on any atom is 0.472 e. The average molecular weight is 1480 g/mol. The number of carbonyl (C=O) groups is 4. The molecule has 0 aromatic heterocycles. The van der Waals surface area contributed by atoms with Gasteiger partial charge in [0, 0.05) is 25.7 Å². The Morgan fingerprint density at radius 2 is 0.510 bits per heavy atom. The van der Waals surface area contributed by atoms with Crippen LogP contribution in [0.3, 0.4) is 0 Å². The van der Waals surface area contributed by atoms with Crippen LogP contribution in [0.25, 0.3) is 0 Å². The summed E-state index contributed by atoms with van der Waals surface area (Å²) in [6, 6.07) is 0. The van der Waals surface area contributed by atoms with Crippen LogP contribution in [0, 0.1) is 0 Å². The van der Waals surface area contributed by atoms with Crippen molar-refractivity contribution in [3.63, 3.8) is 0 Å². The van der Waals surface area contributed by atoms with E-state index in [2.05, 4.69) is 137 Å². The fourth-order valence-corrected chi connectivity index (χ4v) is 12.2. The number of unbranched alkanes of at least 4 members (excludes halogenated alkanes) is 31. The zero-order valence-corrected chi connectivity index (χ0v) is 66.0. The van der Waals surface area contributed by atoms with Gasteiger partial charge in [-0.3, -0.25) is 37.3 Å². The molecule has 0 amide bonds. The topological polar surface area (TPSA) is 237 Å². The largest absolute Gasteiger partial charge is 0.472 e. The number of carbonyl (C=O) groups excluding carboxylic acids is 4. The lowest BCUT2D eigenvalue weighted by atomic mass is 10.0. The van der Waals surface area contributed by atoms with Crippen LogP contribution >= 0.6 is 15.6 Å². The van der Waals surface area contributed by atoms with Gasteiger partial charge in [0.15, 0.2) is 12.2 Å². The molecule has 0 aliphatic rings. The van der Waals surface area contributed by atoms with Gasteiger partial charge in [-0.15, -0.1) is 0 Å². The van der Waals surface area contributed by atoms with E-state index < -0.39 is 97.5 Å². The smallest absolute Gasteiger partial charge is 0.462 e. The fourth-order valence-electron chi connectivity index (χ4n) is 10.7. The minimum atomic E-state index is -4.99. The molecule has 0 aliphatic heterocycles. The van der Waals surface area contributed by atoms with Crippen LogP contribution in [0.1, 0.15) is 336 Å². The number of ether oxygens (including phenoxy) is 4. The molecular formula is C83H144O17P2. The summed E-state index contributed by atoms with van der Waals surface area (Å²) in [5.74, 6) is -2.23. The van der Waals surface area contributed by atoms with Crippen LogP contribution < -0.4 is 0 Å². The Bertz CT molecular complexity index is 2360. The molecule has 5 unspecified atom stereocenters. The second-order valence-corrected chi connectivity index (χ2v) is 29.5. The van der Waals surface area contributed by atoms with Crippen molar-refractivity contribution in [1.82, 2.24) is 0 Å². The quantitative estimate of drug-likeness (QED) is 0.0169. The molecule has 0 aromatic rings. The summed E-state index contributed by atoms with van der Waals surface area (Å²) >= 11 is 0. The van der Waals surface area contributed by atoms with Gasteiger partial charge in [0.05, 0.1) is 26.4 Å². The van der Waals surface area contributed by atoms with Crippen molar-refractivity contribution in [2.75, 3.05) is 39.6 Å². The lowest BCUT2D eigenvalue weighted by Gasteiger charge is -2.21. The number of phosphoric ester groups is 2. The normalized spacial score (nSPS) is 14.5. The Morgan fingerprint density at radius 1 is 0.284 bits per heavy atom. The van der Waals surface area contributed by atoms with E-state index in [1.807, 2.05) is 0 Å². The summed E-state index contributed by atoms with van der Waals surface area (Å²) in [4.78, 5) is 73.0. The fraction of sp³-hybridized carbons (Fsp3) is 0.735. The summed E-state index contributed by atoms with van der Waals surface area (Å²) in [5.41, 5.74) is 0. The number of hydrogen-bond acceptors (Lipinski definition) is 15. The van der Waals surface area contributed by atoms with Crippen LogP contribution in [-0.2, 0) is 65.4 Å². The first kappa shape index (κ1) is 97.7. The van der Waals surface area contributed by atoms with Crippen molar-refractivity contribution < 1.29 is 80.2 Å². The van der Waals surface area contributed by atoms with Gasteiger partial charge < -0.3 is 33.8 Å². The van der Waals surface area contributed by atoms with E-state index >= 15 is 0 Å². The predicted molar refractivity (Wildman–Crippen MR) is 418 cm³/mol. The molecule has 0 rings (SSSR count). The first-order valence-electron chi connectivity index (χ1n) is 40.1. The summed E-state index contributed by atoms with van der Waals surface area (Å²) in [7, 11) is -9.97. The third kappa shape index (κ3) is 74.0. The number of allylic oxidation sites excluding steroid dienone is 18. The highest BCUT2D eigenvalue weighted by molar-refractivity contribution is 7.47. The van der Waals surface area contributed by atoms with Crippen molar-refractivity contribution in [2.24, 2.45) is 0 Å². The van der Waals surface area contributed by atoms with Crippen LogP contribution in [0.15, 0.2) is 109 Å². The molecule has 0 saturated carbocycles. The van der Waals surface area contributed by atoms with Crippen molar-refractivity contribution in [3.8, 4) is 0 Å². The maximum absolute atomic E-state index is 13.1. The summed E-state index contributed by atoms with van der Waals surface area (Å²) in [5, 5.41) is 10.6. The molecule has 3 N–H and O–H groups in total. The standard InChI is InChI=1S/C83H144O17P2/c1-5-9-13-17-21-25-29-33-37-38-42-44-48-52-56-60-64-68-81(86)94-74-79(100-83(88)70-66-62-58-54-50-46-41-36-32-28-24-20-16-12-8-4)76-98-102(91,92)96-72-77(84)71-95-101(89,90)97-75-78(99-82(87)69-65-61-57-53-49-45-40-35-31-27-23-19-15-11-7-3)73-93-80(85)67-63-59-55-51-47-43-39-34-30-26-22-18-14-10-6-2/h9-10,13-14,21-22,24-26,28,33-34,36-37,39,41,47,51,77-79,84H,5-8,11-12,15-20,23,27,29-32,35,38,40,42-46,48-50,52-76H2,1-4H3,(H,89,90)(H,91,92)/b13-9-,14-10-,25-21-,26-22-,28-24-,37-33-,39-34-,41-36-,51-47-. The zero-order chi connectivity index (χ0) is 74.6. The van der Waals surface area contributed by atoms with Gasteiger partial charge in [-0.25, -0.2) is 9.13 Å². The number of aliphatic hydroxyl groups excluding tert-OH is 1. The van der Waals surface area contributed by atoms with Crippen LogP contribution in [0.2, 0.25) is 0 Å². The highest BCUT2D eigenvalue weighted by atomic mass is 31.2. The van der Waals surface area contributed by atoms with Gasteiger partial charge in [0.1, 0.15) is 19.3 Å². The van der Waals surface area contributed by atoms with Crippen LogP contribution in [-0.4, -0.2) is 96.7 Å². The molecule has 0 aromatic carbocycles. The molecule has 5 atom stereocenters. The summed E-state index contributed by atoms with van der Waals surface area (Å²) in [6.45, 7) is 4.59. The minimum absolute atomic E-state index is 0.0754. The van der Waals surface area contributed by atoms with Crippen molar-refractivity contribution in [3.05, 3.63) is 109 Å². The number of esters is 4. The van der Waals surface area contributed by atoms with Crippen molar-refractivity contribution in [2.45, 2.75) is 354 Å². The average Bonchev–Trinajstić information content (AvgIpc) is 0.926. The lowest BCUT2D eigenvalue weighted by Crippen LogP contribution is -2.30. The Kier molecular flexibility index (Phi) is 71.8. The highest BCUT2D eigenvalue weighted by Crippen LogP contribution is 2.45. The summed E-state index contributed by atoms with van der Waals surface area (Å²) in [6.07, 6.45) is 80.6. The van der Waals surface area contributed by atoms with E-state index in [1.165, 1.54) is 83.5 Å². The Balaban J connectivity index is 5.39. The molecule has 0 saturated heterocycles. The van der Waals surface area contributed by atoms with E-state index in [-0.39, 0.29) is 25.7 Å². The number of rotatable bonds is 75. The molecule has 0 radical (unpaired) electrons. The molecule has 102 heavy (non-hydrogen) atoms. The molecular weight excluding hydrogens is 1330 g/mol. The second kappa shape index (κ2) is 75.0. The molecule has 0 bridgehead atoms. The van der Waals surface area contributed by atoms with Crippen molar-refractivity contribution in [1.29, 1.82) is 0 Å². The molecule has 19 heteroatoms. The zero-order valence-electron chi connectivity index (χ0n) is 64.3. The van der Waals surface area contributed by atoms with Gasteiger partial charge in [-0.2, -0.15) is 0 Å². The maximum atomic E-state index is 13.1. The van der Waals surface area contributed by atoms with E-state index in [4.69, 9.17) is 37.0 Å². The summed E-state index contributed by atoms with van der Waals surface area (Å²) < 4.78 is 68.6. The second-order valence-electron chi connectivity index (χ2n) is 26.6. The minimum Gasteiger partial charge on any atom is -0.462 e. The monoisotopic (exact) mass is 1470 g/mol. The van der Waals surface area contributed by atoms with Crippen LogP contribution in [0.4, 0.5) is 0 Å². The highest BCUT2D eigenvalue weighted by Gasteiger charge is 2.30. The lowest BCUT2D eigenvalue weighted by molar-refractivity contribution is -0.161.